The summed E-state index contributed by atoms with van der Waals surface area (Å²) in [5.41, 5.74) is 9.91. The molecule has 0 atom stereocenters. The number of rotatable bonds is 6. The Morgan fingerprint density at radius 1 is 0.422 bits per heavy atom. The number of aromatic nitrogens is 3. The van der Waals surface area contributed by atoms with Crippen LogP contribution in [0.2, 0.25) is 0 Å². The first-order valence-corrected chi connectivity index (χ1v) is 24.6. The standard InChI is InChI=1S/C59H38N3PS/c64-63(49-25-20-41-10-2-5-13-44(41)35-49,50-26-21-42-11-3-6-14-45(42)36-50)57-30-24-48(37-60-57)46-22-27-51-47(34-46)23-28-53-52-15-7-8-16-54(52)59-61-55-33-39(18-29-56(55)62(59)58(51)53)31-38-17-19-40-9-1-4-12-43(40)32-38/h1-30,32-37H,31H2. The molecule has 0 aliphatic carbocycles. The van der Waals surface area contributed by atoms with Crippen LogP contribution >= 0.6 is 6.04 Å². The molecule has 0 saturated carbocycles. The number of nitrogens with zero attached hydrogens (tertiary/aromatic N) is 3. The summed E-state index contributed by atoms with van der Waals surface area (Å²) >= 11 is 6.89. The second-order valence-electron chi connectivity index (χ2n) is 17.0. The summed E-state index contributed by atoms with van der Waals surface area (Å²) in [4.78, 5) is 10.6. The van der Waals surface area contributed by atoms with Crippen LogP contribution in [0.3, 0.4) is 0 Å². The predicted octanol–water partition coefficient (Wildman–Crippen LogP) is 13.8. The Morgan fingerprint density at radius 3 is 1.67 bits per heavy atom. The highest BCUT2D eigenvalue weighted by Crippen LogP contribution is 2.44. The maximum absolute atomic E-state index is 6.89. The van der Waals surface area contributed by atoms with Gasteiger partial charge in [0.05, 0.1) is 28.0 Å². The minimum absolute atomic E-state index is 0.847. The number of hydrogen-bond acceptors (Lipinski definition) is 3. The molecule has 3 aromatic heterocycles. The minimum atomic E-state index is -2.54. The van der Waals surface area contributed by atoms with Crippen LogP contribution < -0.4 is 16.0 Å². The van der Waals surface area contributed by atoms with Gasteiger partial charge >= 0.3 is 0 Å². The zero-order valence-electron chi connectivity index (χ0n) is 34.7. The van der Waals surface area contributed by atoms with E-state index in [0.29, 0.717) is 0 Å². The molecular formula is C59H38N3PS. The van der Waals surface area contributed by atoms with Crippen molar-refractivity contribution in [2.75, 3.05) is 0 Å². The van der Waals surface area contributed by atoms with Crippen LogP contribution in [0.5, 0.6) is 0 Å². The molecule has 0 fully saturated rings. The molecule has 0 bridgehead atoms. The third-order valence-corrected chi connectivity index (χ3v) is 18.0. The molecule has 10 aromatic carbocycles. The first-order chi connectivity index (χ1) is 31.5. The van der Waals surface area contributed by atoms with Crippen LogP contribution in [0.4, 0.5) is 0 Å². The molecule has 0 aliphatic rings. The first-order valence-electron chi connectivity index (χ1n) is 21.8. The molecule has 0 radical (unpaired) electrons. The van der Waals surface area contributed by atoms with Crippen LogP contribution in [0.25, 0.3) is 92.6 Å². The first kappa shape index (κ1) is 37.1. The van der Waals surface area contributed by atoms with Crippen LogP contribution in [0, 0.1) is 0 Å². The van der Waals surface area contributed by atoms with Crippen molar-refractivity contribution in [3.63, 3.8) is 0 Å². The maximum atomic E-state index is 6.89. The van der Waals surface area contributed by atoms with E-state index in [4.69, 9.17) is 21.8 Å². The Labute approximate surface area is 374 Å². The summed E-state index contributed by atoms with van der Waals surface area (Å²) < 4.78 is 2.39. The Balaban J connectivity index is 0.922. The third-order valence-electron chi connectivity index (χ3n) is 13.2. The van der Waals surface area contributed by atoms with E-state index in [1.807, 2.05) is 6.20 Å². The highest BCUT2D eigenvalue weighted by molar-refractivity contribution is 8.25. The SMILES string of the molecule is S=P(c1ccc2ccccc2c1)(c1ccc2ccccc2c1)c1ccc(-c2ccc3c(ccc4c5ccccc5c5nc6cc(Cc7ccc8ccccc8c7)ccc6n5c34)c2)cn1. The predicted molar refractivity (Wildman–Crippen MR) is 276 cm³/mol. The maximum Gasteiger partial charge on any atom is 0.146 e. The van der Waals surface area contributed by atoms with Crippen LogP contribution in [0.1, 0.15) is 11.1 Å². The molecule has 5 heteroatoms. The molecule has 300 valence electrons. The van der Waals surface area contributed by atoms with E-state index in [1.54, 1.807) is 0 Å². The molecular weight excluding hydrogens is 814 g/mol. The Bertz CT molecular complexity index is 4010. The van der Waals surface area contributed by atoms with E-state index in [-0.39, 0.29) is 0 Å². The summed E-state index contributed by atoms with van der Waals surface area (Å²) in [6.45, 7) is 0. The third kappa shape index (κ3) is 5.91. The Hall–Kier alpha value is -7.49. The van der Waals surface area contributed by atoms with Gasteiger partial charge in [-0.3, -0.25) is 9.38 Å². The van der Waals surface area contributed by atoms with Crippen molar-refractivity contribution in [3.05, 3.63) is 230 Å². The summed E-state index contributed by atoms with van der Waals surface area (Å²) in [6, 6.07) is 74.5. The van der Waals surface area contributed by atoms with Gasteiger partial charge in [-0.15, -0.1) is 0 Å². The topological polar surface area (TPSA) is 30.2 Å². The van der Waals surface area contributed by atoms with Gasteiger partial charge in [-0.2, -0.15) is 0 Å². The summed E-state index contributed by atoms with van der Waals surface area (Å²) in [6.07, 6.45) is 2.87. The lowest BCUT2D eigenvalue weighted by Crippen LogP contribution is -2.26. The van der Waals surface area contributed by atoms with Crippen molar-refractivity contribution in [2.24, 2.45) is 0 Å². The largest absolute Gasteiger partial charge is 0.291 e. The fraction of sp³-hybridized carbons (Fsp3) is 0.0169. The lowest BCUT2D eigenvalue weighted by Gasteiger charge is -2.24. The average molecular weight is 852 g/mol. The van der Waals surface area contributed by atoms with E-state index in [1.165, 1.54) is 65.1 Å². The zero-order chi connectivity index (χ0) is 42.4. The van der Waals surface area contributed by atoms with E-state index in [2.05, 4.69) is 217 Å². The molecule has 0 saturated heterocycles. The van der Waals surface area contributed by atoms with Gasteiger partial charge < -0.3 is 0 Å². The van der Waals surface area contributed by atoms with Gasteiger partial charge in [0.15, 0.2) is 0 Å². The van der Waals surface area contributed by atoms with E-state index in [9.17, 15) is 0 Å². The van der Waals surface area contributed by atoms with Crippen molar-refractivity contribution in [1.29, 1.82) is 0 Å². The minimum Gasteiger partial charge on any atom is -0.291 e. The summed E-state index contributed by atoms with van der Waals surface area (Å²) in [7, 11) is 0. The van der Waals surface area contributed by atoms with Crippen LogP contribution in [-0.2, 0) is 18.2 Å². The van der Waals surface area contributed by atoms with Gasteiger partial charge in [-0.05, 0) is 113 Å². The number of imidazole rings is 1. The van der Waals surface area contributed by atoms with E-state index < -0.39 is 6.04 Å². The second-order valence-corrected chi connectivity index (χ2v) is 21.3. The number of benzene rings is 10. The van der Waals surface area contributed by atoms with E-state index in [0.717, 1.165) is 61.0 Å². The molecule has 0 spiro atoms. The fourth-order valence-corrected chi connectivity index (χ4v) is 13.5. The van der Waals surface area contributed by atoms with Gasteiger partial charge in [0.1, 0.15) is 5.65 Å². The van der Waals surface area contributed by atoms with Crippen molar-refractivity contribution >= 4 is 115 Å². The molecule has 3 heterocycles. The van der Waals surface area contributed by atoms with Crippen LogP contribution in [-0.4, -0.2) is 14.4 Å². The summed E-state index contributed by atoms with van der Waals surface area (Å²) in [5, 5.41) is 15.5. The van der Waals surface area contributed by atoms with Crippen molar-refractivity contribution in [1.82, 2.24) is 14.4 Å². The molecule has 0 N–H and O–H groups in total. The summed E-state index contributed by atoms with van der Waals surface area (Å²) in [5.74, 6) is 0. The number of pyridine rings is 2. The van der Waals surface area contributed by atoms with Crippen molar-refractivity contribution in [3.8, 4) is 11.1 Å². The van der Waals surface area contributed by atoms with Gasteiger partial charge in [-0.1, -0.05) is 188 Å². The zero-order valence-corrected chi connectivity index (χ0v) is 36.4. The van der Waals surface area contributed by atoms with Gasteiger partial charge in [0, 0.05) is 27.9 Å². The van der Waals surface area contributed by atoms with Gasteiger partial charge in [-0.25, -0.2) is 4.98 Å². The van der Waals surface area contributed by atoms with Gasteiger partial charge in [0.2, 0.25) is 0 Å². The molecule has 0 amide bonds. The lowest BCUT2D eigenvalue weighted by molar-refractivity contribution is 1.20. The average Bonchev–Trinajstić information content (AvgIpc) is 3.74. The number of fused-ring (bicyclic) bond motifs is 13. The molecule has 13 rings (SSSR count). The Morgan fingerprint density at radius 2 is 0.984 bits per heavy atom. The molecule has 0 unspecified atom stereocenters. The Kier molecular flexibility index (Phi) is 8.43. The lowest BCUT2D eigenvalue weighted by atomic mass is 9.98. The quantitative estimate of drug-likeness (QED) is 0.123. The van der Waals surface area contributed by atoms with Gasteiger partial charge in [0.25, 0.3) is 0 Å². The van der Waals surface area contributed by atoms with E-state index >= 15 is 0 Å². The smallest absolute Gasteiger partial charge is 0.146 e. The monoisotopic (exact) mass is 851 g/mol. The molecule has 0 aliphatic heterocycles. The molecule has 64 heavy (non-hydrogen) atoms. The highest BCUT2D eigenvalue weighted by Gasteiger charge is 2.27. The van der Waals surface area contributed by atoms with Crippen LogP contribution in [0.15, 0.2) is 219 Å². The van der Waals surface area contributed by atoms with Crippen molar-refractivity contribution in [2.45, 2.75) is 6.42 Å². The molecule has 13 aromatic rings. The van der Waals surface area contributed by atoms with Crippen molar-refractivity contribution < 1.29 is 0 Å². The molecule has 3 nitrogen and oxygen atoms in total. The normalized spacial score (nSPS) is 12.2. The fourth-order valence-electron chi connectivity index (χ4n) is 9.99. The second kappa shape index (κ2) is 14.5. The number of hydrogen-bond donors (Lipinski definition) is 0. The highest BCUT2D eigenvalue weighted by atomic mass is 32.4.